The highest BCUT2D eigenvalue weighted by molar-refractivity contribution is 7.15. The second-order valence-electron chi connectivity index (χ2n) is 10.7. The van der Waals surface area contributed by atoms with Crippen LogP contribution >= 0.6 is 11.3 Å². The minimum Gasteiger partial charge on any atom is -0.192 e. The number of thiophene rings is 1. The second kappa shape index (κ2) is 9.18. The monoisotopic (exact) mass is 544 g/mol. The van der Waals surface area contributed by atoms with E-state index >= 15 is 0 Å². The van der Waals surface area contributed by atoms with Crippen molar-refractivity contribution in [3.63, 3.8) is 0 Å². The van der Waals surface area contributed by atoms with Gasteiger partial charge in [0.05, 0.1) is 0 Å². The Morgan fingerprint density at radius 2 is 1.02 bits per heavy atom. The van der Waals surface area contributed by atoms with Crippen LogP contribution in [0, 0.1) is 86.9 Å². The summed E-state index contributed by atoms with van der Waals surface area (Å²) in [6.45, 7) is 12.5. The van der Waals surface area contributed by atoms with Gasteiger partial charge in [-0.05, 0) is 120 Å². The van der Waals surface area contributed by atoms with Gasteiger partial charge >= 0.3 is 0 Å². The average molecular weight is 545 g/mol. The highest BCUT2D eigenvalue weighted by Gasteiger charge is 2.38. The maximum Gasteiger partial charge on any atom is 0.138 e. The lowest BCUT2D eigenvalue weighted by Gasteiger charge is -2.17. The molecule has 0 N–H and O–H groups in total. The molecule has 194 valence electrons. The first kappa shape index (κ1) is 26.0. The van der Waals surface area contributed by atoms with E-state index in [0.29, 0.717) is 11.1 Å². The van der Waals surface area contributed by atoms with Gasteiger partial charge in [0.25, 0.3) is 0 Å². The van der Waals surface area contributed by atoms with Gasteiger partial charge in [-0.1, -0.05) is 35.9 Å². The molecule has 1 heterocycles. The van der Waals surface area contributed by atoms with Gasteiger partial charge in [0.15, 0.2) is 0 Å². The maximum absolute atomic E-state index is 10.1. The molecule has 4 nitrogen and oxygen atoms in total. The van der Waals surface area contributed by atoms with Crippen LogP contribution in [0.5, 0.6) is 0 Å². The SMILES string of the molecule is Cc1ccc2c(c1)C(=C(C#N)C#N)c1c(C)c3c(c(C)c1-2)C(=C(C#N)C#N)c1cc(-c2sc(C)c(C)c2C)ccc1-3. The third-order valence-electron chi connectivity index (χ3n) is 8.67. The molecule has 0 spiro atoms. The van der Waals surface area contributed by atoms with Crippen LogP contribution in [0.4, 0.5) is 0 Å². The summed E-state index contributed by atoms with van der Waals surface area (Å²) < 4.78 is 0. The molecule has 5 heteroatoms. The second-order valence-corrected chi connectivity index (χ2v) is 12.0. The molecule has 6 rings (SSSR count). The molecule has 0 fully saturated rings. The first-order chi connectivity index (χ1) is 19.7. The Labute approximate surface area is 244 Å². The molecule has 0 bridgehead atoms. The molecule has 0 atom stereocenters. The van der Waals surface area contributed by atoms with Crippen LogP contribution < -0.4 is 0 Å². The van der Waals surface area contributed by atoms with Crippen molar-refractivity contribution < 1.29 is 0 Å². The Hall–Kier alpha value is -5.20. The molecule has 0 aliphatic heterocycles. The first-order valence-electron chi connectivity index (χ1n) is 13.3. The van der Waals surface area contributed by atoms with Crippen LogP contribution in [0.15, 0.2) is 47.5 Å². The van der Waals surface area contributed by atoms with E-state index in [9.17, 15) is 21.0 Å². The topological polar surface area (TPSA) is 95.2 Å². The largest absolute Gasteiger partial charge is 0.192 e. The Morgan fingerprint density at radius 3 is 1.49 bits per heavy atom. The Bertz CT molecular complexity index is 2110. The van der Waals surface area contributed by atoms with E-state index < -0.39 is 0 Å². The molecule has 2 aliphatic carbocycles. The Balaban J connectivity index is 1.77. The number of allylic oxidation sites excluding steroid dienone is 2. The van der Waals surface area contributed by atoms with E-state index in [1.807, 2.05) is 39.0 Å². The molecule has 3 aromatic carbocycles. The van der Waals surface area contributed by atoms with Gasteiger partial charge in [0, 0.05) is 20.9 Å². The van der Waals surface area contributed by atoms with Gasteiger partial charge in [0.2, 0.25) is 0 Å². The zero-order valence-electron chi connectivity index (χ0n) is 23.7. The molecule has 2 aliphatic rings. The van der Waals surface area contributed by atoms with Gasteiger partial charge in [-0.2, -0.15) is 21.0 Å². The maximum atomic E-state index is 10.1. The fourth-order valence-electron chi connectivity index (χ4n) is 6.57. The summed E-state index contributed by atoms with van der Waals surface area (Å²) in [5, 5.41) is 40.2. The Morgan fingerprint density at radius 1 is 0.537 bits per heavy atom. The van der Waals surface area contributed by atoms with E-state index in [4.69, 9.17) is 0 Å². The smallest absolute Gasteiger partial charge is 0.138 e. The lowest BCUT2D eigenvalue weighted by molar-refractivity contribution is 1.35. The van der Waals surface area contributed by atoms with Gasteiger partial charge < -0.3 is 0 Å². The average Bonchev–Trinajstić information content (AvgIpc) is 3.57. The minimum atomic E-state index is 0.0764. The fraction of sp³-hybridized carbons (Fsp3) is 0.167. The van der Waals surface area contributed by atoms with Crippen molar-refractivity contribution in [1.29, 1.82) is 21.0 Å². The van der Waals surface area contributed by atoms with Crippen LogP contribution in [0.1, 0.15) is 54.9 Å². The van der Waals surface area contributed by atoms with Crippen LogP contribution in [-0.4, -0.2) is 0 Å². The molecule has 4 aromatic rings. The van der Waals surface area contributed by atoms with E-state index in [0.717, 1.165) is 66.8 Å². The van der Waals surface area contributed by atoms with Gasteiger partial charge in [-0.15, -0.1) is 11.3 Å². The van der Waals surface area contributed by atoms with E-state index in [1.165, 1.54) is 20.9 Å². The predicted molar refractivity (Wildman–Crippen MR) is 164 cm³/mol. The number of hydrogen-bond donors (Lipinski definition) is 0. The summed E-state index contributed by atoms with van der Waals surface area (Å²) in [6, 6.07) is 21.1. The van der Waals surface area contributed by atoms with Gasteiger partial charge in [-0.25, -0.2) is 0 Å². The van der Waals surface area contributed by atoms with Crippen LogP contribution in [0.3, 0.4) is 0 Å². The number of hydrogen-bond acceptors (Lipinski definition) is 5. The summed E-state index contributed by atoms with van der Waals surface area (Å²) in [6.07, 6.45) is 0. The zero-order valence-corrected chi connectivity index (χ0v) is 24.5. The van der Waals surface area contributed by atoms with Gasteiger partial charge in [0.1, 0.15) is 35.4 Å². The van der Waals surface area contributed by atoms with Crippen molar-refractivity contribution in [2.24, 2.45) is 0 Å². The highest BCUT2D eigenvalue weighted by Crippen LogP contribution is 2.58. The van der Waals surface area contributed by atoms with Gasteiger partial charge in [-0.3, -0.25) is 0 Å². The van der Waals surface area contributed by atoms with Crippen LogP contribution in [0.2, 0.25) is 0 Å². The molecule has 1 aromatic heterocycles. The zero-order chi connectivity index (χ0) is 29.3. The van der Waals surface area contributed by atoms with Crippen molar-refractivity contribution in [2.75, 3.05) is 0 Å². The quantitative estimate of drug-likeness (QED) is 0.193. The minimum absolute atomic E-state index is 0.0764. The summed E-state index contributed by atoms with van der Waals surface area (Å²) in [5.41, 5.74) is 15.3. The molecule has 0 unspecified atom stereocenters. The molecule has 0 saturated carbocycles. The molecule has 41 heavy (non-hydrogen) atoms. The summed E-state index contributed by atoms with van der Waals surface area (Å²) >= 11 is 1.76. The molecular weight excluding hydrogens is 520 g/mol. The van der Waals surface area contributed by atoms with Crippen molar-refractivity contribution in [1.82, 2.24) is 0 Å². The first-order valence-corrected chi connectivity index (χ1v) is 14.1. The molecule has 0 radical (unpaired) electrons. The van der Waals surface area contributed by atoms with Crippen molar-refractivity contribution in [3.05, 3.63) is 102 Å². The van der Waals surface area contributed by atoms with Crippen LogP contribution in [0.25, 0.3) is 43.8 Å². The van der Waals surface area contributed by atoms with Crippen molar-refractivity contribution >= 4 is 22.5 Å². The Kier molecular flexibility index (Phi) is 5.83. The summed E-state index contributed by atoms with van der Waals surface area (Å²) in [7, 11) is 0. The highest BCUT2D eigenvalue weighted by atomic mass is 32.1. The lowest BCUT2D eigenvalue weighted by atomic mass is 9.84. The van der Waals surface area contributed by atoms with Crippen molar-refractivity contribution in [2.45, 2.75) is 41.5 Å². The number of aryl methyl sites for hydroxylation is 2. The van der Waals surface area contributed by atoms with Crippen LogP contribution in [-0.2, 0) is 0 Å². The number of fused-ring (bicyclic) bond motifs is 6. The molecule has 0 amide bonds. The van der Waals surface area contributed by atoms with E-state index in [-0.39, 0.29) is 11.1 Å². The number of nitriles is 4. The number of nitrogens with zero attached hydrogens (tertiary/aromatic N) is 4. The van der Waals surface area contributed by atoms with E-state index in [2.05, 4.69) is 63.2 Å². The van der Waals surface area contributed by atoms with Crippen molar-refractivity contribution in [3.8, 4) is 57.0 Å². The standard InChI is InChI=1S/C36H24N4S/c1-17-7-9-26-28(11-17)34(24(13-37)14-38)32-21(5)31-27-10-8-23(36-19(3)18(2)22(6)41-36)12-29(27)35(25(15-39)16-40)33(31)20(4)30(26)32/h7-12H,1-6H3. The third kappa shape index (κ3) is 3.41. The number of benzene rings is 3. The predicted octanol–water partition coefficient (Wildman–Crippen LogP) is 8.92. The molecular formula is C36H24N4S. The molecule has 0 saturated heterocycles. The summed E-state index contributed by atoms with van der Waals surface area (Å²) in [5.74, 6) is 0. The fourth-order valence-corrected chi connectivity index (χ4v) is 7.73. The summed E-state index contributed by atoms with van der Waals surface area (Å²) in [4.78, 5) is 2.46. The third-order valence-corrected chi connectivity index (χ3v) is 10.0. The van der Waals surface area contributed by atoms with E-state index in [1.54, 1.807) is 11.3 Å². The lowest BCUT2D eigenvalue weighted by Crippen LogP contribution is -1.99. The normalized spacial score (nSPS) is 12.0. The number of rotatable bonds is 1.